The lowest BCUT2D eigenvalue weighted by Gasteiger charge is -2.46. The third-order valence-electron chi connectivity index (χ3n) is 9.81. The molecule has 0 fully saturated rings. The number of aryl methyl sites for hydroxylation is 2. The highest BCUT2D eigenvalue weighted by Crippen LogP contribution is 2.51. The van der Waals surface area contributed by atoms with Crippen molar-refractivity contribution in [3.8, 4) is 0 Å². The molecule has 5 N–H and O–H groups in total. The second-order valence-electron chi connectivity index (χ2n) is 12.7. The van der Waals surface area contributed by atoms with E-state index in [9.17, 15) is 29.7 Å². The van der Waals surface area contributed by atoms with Crippen molar-refractivity contribution in [2.24, 2.45) is 17.6 Å². The van der Waals surface area contributed by atoms with Gasteiger partial charge in [0.25, 0.3) is 5.91 Å². The van der Waals surface area contributed by atoms with Gasteiger partial charge in [0, 0.05) is 23.5 Å². The van der Waals surface area contributed by atoms with Gasteiger partial charge in [-0.1, -0.05) is 57.7 Å². The molecule has 1 amide bonds. The SMILES string of the molecule is C=C(CC)c1ccc(CCCc2cc(C(C)C)c3c(c2C)C(=O)C2=C(O)[C@]4(O)C(=O)C(C(N)=O)=C(O)C[C@@H]4C[C@@H]2C3)cc1. The lowest BCUT2D eigenvalue weighted by atomic mass is 9.59. The highest BCUT2D eigenvalue weighted by Gasteiger charge is 2.59. The topological polar surface area (TPSA) is 138 Å². The van der Waals surface area contributed by atoms with E-state index < -0.39 is 52.0 Å². The van der Waals surface area contributed by atoms with Crippen molar-refractivity contribution in [2.45, 2.75) is 84.2 Å². The quantitative estimate of drug-likeness (QED) is 0.285. The lowest BCUT2D eigenvalue weighted by molar-refractivity contribution is -0.144. The van der Waals surface area contributed by atoms with Crippen LogP contribution < -0.4 is 5.73 Å². The summed E-state index contributed by atoms with van der Waals surface area (Å²) in [6, 6.07) is 10.7. The van der Waals surface area contributed by atoms with Crippen LogP contribution in [0.25, 0.3) is 5.57 Å². The molecule has 7 heteroatoms. The van der Waals surface area contributed by atoms with Gasteiger partial charge in [-0.3, -0.25) is 14.4 Å². The Bertz CT molecular complexity index is 1610. The third-order valence-corrected chi connectivity index (χ3v) is 9.81. The second-order valence-corrected chi connectivity index (χ2v) is 12.7. The van der Waals surface area contributed by atoms with Crippen LogP contribution in [0.15, 0.2) is 59.6 Å². The lowest BCUT2D eigenvalue weighted by Crippen LogP contribution is -2.57. The number of nitrogens with two attached hydrogens (primary N) is 1. The normalized spacial score (nSPS) is 23.3. The first-order valence-electron chi connectivity index (χ1n) is 15.2. The summed E-state index contributed by atoms with van der Waals surface area (Å²) in [6.07, 6.45) is 3.92. The molecule has 7 nitrogen and oxygen atoms in total. The van der Waals surface area contributed by atoms with E-state index in [0.29, 0.717) is 12.0 Å². The number of fused-ring (bicyclic) bond motifs is 3. The number of Topliss-reactive ketones (excluding diaryl/α,β-unsaturated/α-hetero) is 2. The number of primary amides is 1. The summed E-state index contributed by atoms with van der Waals surface area (Å²) in [7, 11) is 0. The van der Waals surface area contributed by atoms with Crippen LogP contribution in [0.3, 0.4) is 0 Å². The van der Waals surface area contributed by atoms with E-state index in [2.05, 4.69) is 57.7 Å². The third kappa shape index (κ3) is 4.93. The molecule has 0 bridgehead atoms. The first-order chi connectivity index (χ1) is 20.3. The summed E-state index contributed by atoms with van der Waals surface area (Å²) in [4.78, 5) is 39.4. The van der Waals surface area contributed by atoms with E-state index in [1.807, 2.05) is 6.92 Å². The highest BCUT2D eigenvalue weighted by atomic mass is 16.3. The number of ketones is 2. The van der Waals surface area contributed by atoms with Gasteiger partial charge in [-0.25, -0.2) is 0 Å². The first kappa shape index (κ1) is 30.5. The number of benzene rings is 2. The summed E-state index contributed by atoms with van der Waals surface area (Å²) in [5, 5.41) is 33.4. The zero-order valence-electron chi connectivity index (χ0n) is 25.4. The van der Waals surface area contributed by atoms with Crippen LogP contribution in [0.2, 0.25) is 0 Å². The van der Waals surface area contributed by atoms with Crippen molar-refractivity contribution in [1.82, 2.24) is 0 Å². The number of hydrogen-bond acceptors (Lipinski definition) is 6. The largest absolute Gasteiger partial charge is 0.511 e. The van der Waals surface area contributed by atoms with E-state index >= 15 is 0 Å². The van der Waals surface area contributed by atoms with Crippen LogP contribution in [-0.4, -0.2) is 38.4 Å². The number of hydrogen-bond donors (Lipinski definition) is 4. The minimum atomic E-state index is -2.49. The molecule has 2 aromatic rings. The van der Waals surface area contributed by atoms with Crippen LogP contribution in [0.1, 0.15) is 96.1 Å². The predicted octanol–water partition coefficient (Wildman–Crippen LogP) is 5.91. The molecular weight excluding hydrogens is 542 g/mol. The number of aliphatic hydroxyl groups excluding tert-OH is 2. The smallest absolute Gasteiger partial charge is 0.255 e. The van der Waals surface area contributed by atoms with Gasteiger partial charge in [-0.2, -0.15) is 0 Å². The highest BCUT2D eigenvalue weighted by molar-refractivity contribution is 6.24. The molecule has 0 spiro atoms. The van der Waals surface area contributed by atoms with Gasteiger partial charge in [0.05, 0.1) is 0 Å². The zero-order valence-corrected chi connectivity index (χ0v) is 25.4. The number of allylic oxidation sites excluding steroid dienone is 3. The van der Waals surface area contributed by atoms with Gasteiger partial charge in [-0.05, 0) is 96.2 Å². The number of carbonyl (C=O) groups excluding carboxylic acids is 3. The molecule has 0 saturated heterocycles. The Balaban J connectivity index is 1.49. The summed E-state index contributed by atoms with van der Waals surface area (Å²) in [6.45, 7) is 12.3. The number of carbonyl (C=O) groups is 3. The first-order valence-corrected chi connectivity index (χ1v) is 15.2. The standard InChI is InChI=1S/C36H41NO6/c1-6-19(4)22-12-10-21(11-13-22)8-7-9-23-15-26(18(2)3)27-16-24-14-25-17-28(38)31(35(37)42)34(41)36(25,43)33(40)30(24)32(39)29(27)20(23)5/h10-13,15,18,24-25,38,40,43H,4,6-9,14,16-17H2,1-3,5H3,(H2,37,42)/t24-,25+,36+/m1/s1. The average Bonchev–Trinajstić information content (AvgIpc) is 2.95. The van der Waals surface area contributed by atoms with Gasteiger partial charge in [0.1, 0.15) is 17.1 Å². The molecule has 0 saturated carbocycles. The molecule has 3 atom stereocenters. The summed E-state index contributed by atoms with van der Waals surface area (Å²) < 4.78 is 0. The van der Waals surface area contributed by atoms with E-state index in [-0.39, 0.29) is 24.3 Å². The van der Waals surface area contributed by atoms with Crippen molar-refractivity contribution in [3.05, 3.63) is 98.5 Å². The Hall–Kier alpha value is -3.97. The predicted molar refractivity (Wildman–Crippen MR) is 166 cm³/mol. The Morgan fingerprint density at radius 2 is 1.79 bits per heavy atom. The van der Waals surface area contributed by atoms with Crippen LogP contribution in [0.5, 0.6) is 0 Å². The Labute approximate surface area is 252 Å². The fourth-order valence-corrected chi connectivity index (χ4v) is 7.33. The van der Waals surface area contributed by atoms with Crippen LogP contribution in [0, 0.1) is 18.8 Å². The summed E-state index contributed by atoms with van der Waals surface area (Å²) in [5.74, 6) is -5.10. The zero-order chi connectivity index (χ0) is 31.4. The Morgan fingerprint density at radius 3 is 2.40 bits per heavy atom. The van der Waals surface area contributed by atoms with Gasteiger partial charge < -0.3 is 21.1 Å². The van der Waals surface area contributed by atoms with Crippen molar-refractivity contribution in [1.29, 1.82) is 0 Å². The summed E-state index contributed by atoms with van der Waals surface area (Å²) in [5.41, 5.74) is 10.1. The molecule has 0 heterocycles. The van der Waals surface area contributed by atoms with Crippen LogP contribution >= 0.6 is 0 Å². The van der Waals surface area contributed by atoms with Crippen LogP contribution in [0.4, 0.5) is 0 Å². The molecule has 0 radical (unpaired) electrons. The molecule has 5 rings (SSSR count). The molecule has 0 aromatic heterocycles. The minimum absolute atomic E-state index is 0.0218. The number of aliphatic hydroxyl groups is 3. The number of rotatable bonds is 8. The Morgan fingerprint density at radius 1 is 1.12 bits per heavy atom. The van der Waals surface area contributed by atoms with Crippen molar-refractivity contribution < 1.29 is 29.7 Å². The Kier molecular flexibility index (Phi) is 7.99. The maximum absolute atomic E-state index is 14.2. The molecule has 226 valence electrons. The van der Waals surface area contributed by atoms with Gasteiger partial charge in [0.2, 0.25) is 5.78 Å². The van der Waals surface area contributed by atoms with Gasteiger partial charge in [-0.15, -0.1) is 0 Å². The number of amides is 1. The van der Waals surface area contributed by atoms with Gasteiger partial charge >= 0.3 is 0 Å². The molecule has 0 aliphatic heterocycles. The maximum atomic E-state index is 14.2. The van der Waals surface area contributed by atoms with E-state index in [4.69, 9.17) is 5.73 Å². The molecule has 3 aliphatic carbocycles. The fourth-order valence-electron chi connectivity index (χ4n) is 7.33. The molecular formula is C36H41NO6. The minimum Gasteiger partial charge on any atom is -0.511 e. The molecule has 2 aromatic carbocycles. The maximum Gasteiger partial charge on any atom is 0.255 e. The van der Waals surface area contributed by atoms with Crippen molar-refractivity contribution in [3.63, 3.8) is 0 Å². The summed E-state index contributed by atoms with van der Waals surface area (Å²) >= 11 is 0. The van der Waals surface area contributed by atoms with E-state index in [1.165, 1.54) is 5.56 Å². The monoisotopic (exact) mass is 583 g/mol. The second kappa shape index (κ2) is 11.3. The fraction of sp³-hybridized carbons (Fsp3) is 0.417. The molecule has 43 heavy (non-hydrogen) atoms. The van der Waals surface area contributed by atoms with Gasteiger partial charge in [0.15, 0.2) is 11.4 Å². The van der Waals surface area contributed by atoms with E-state index in [0.717, 1.165) is 59.1 Å². The van der Waals surface area contributed by atoms with Crippen LogP contribution in [-0.2, 0) is 28.9 Å². The van der Waals surface area contributed by atoms with E-state index in [1.54, 1.807) is 0 Å². The van der Waals surface area contributed by atoms with Crippen molar-refractivity contribution >= 4 is 23.0 Å². The average molecular weight is 584 g/mol. The van der Waals surface area contributed by atoms with Crippen molar-refractivity contribution in [2.75, 3.05) is 0 Å². The molecule has 0 unspecified atom stereocenters. The molecule has 3 aliphatic rings.